The summed E-state index contributed by atoms with van der Waals surface area (Å²) in [7, 11) is -3.21. The van der Waals surface area contributed by atoms with Crippen molar-refractivity contribution in [2.75, 3.05) is 13.1 Å². The summed E-state index contributed by atoms with van der Waals surface area (Å²) in [6.45, 7) is 7.73. The first-order valence-corrected chi connectivity index (χ1v) is 8.54. The average Bonchev–Trinajstić information content (AvgIpc) is 2.64. The number of hydrogen-bond donors (Lipinski definition) is 1. The normalized spacial score (nSPS) is 23.1. The predicted octanol–water partition coefficient (Wildman–Crippen LogP) is 1.85. The van der Waals surface area contributed by atoms with Crippen LogP contribution in [0.1, 0.15) is 38.3 Å². The summed E-state index contributed by atoms with van der Waals surface area (Å²) < 4.78 is 26.0. The van der Waals surface area contributed by atoms with E-state index in [0.29, 0.717) is 19.5 Å². The number of rotatable bonds is 3. The van der Waals surface area contributed by atoms with Crippen molar-refractivity contribution in [3.8, 4) is 0 Å². The Labute approximate surface area is 122 Å². The van der Waals surface area contributed by atoms with Crippen LogP contribution in [0.25, 0.3) is 0 Å². The maximum atomic E-state index is 12.2. The monoisotopic (exact) mass is 296 g/mol. The van der Waals surface area contributed by atoms with Crippen molar-refractivity contribution in [1.82, 2.24) is 4.31 Å². The Morgan fingerprint density at radius 2 is 1.85 bits per heavy atom. The fourth-order valence-electron chi connectivity index (χ4n) is 2.50. The molecule has 1 atom stereocenters. The lowest BCUT2D eigenvalue weighted by atomic mass is 9.87. The Morgan fingerprint density at radius 1 is 1.25 bits per heavy atom. The second-order valence-electron chi connectivity index (χ2n) is 6.47. The van der Waals surface area contributed by atoms with Crippen LogP contribution in [0, 0.1) is 0 Å². The molecule has 1 aliphatic rings. The highest BCUT2D eigenvalue weighted by molar-refractivity contribution is 7.90. The van der Waals surface area contributed by atoms with Crippen LogP contribution in [-0.4, -0.2) is 31.1 Å². The highest BCUT2D eigenvalue weighted by atomic mass is 32.2. The lowest BCUT2D eigenvalue weighted by Crippen LogP contribution is -2.32. The largest absolute Gasteiger partial charge is 0.329 e. The molecule has 2 N–H and O–H groups in total. The quantitative estimate of drug-likeness (QED) is 0.926. The van der Waals surface area contributed by atoms with Crippen molar-refractivity contribution >= 4 is 10.0 Å². The van der Waals surface area contributed by atoms with E-state index in [1.807, 2.05) is 12.1 Å². The Bertz CT molecular complexity index is 559. The van der Waals surface area contributed by atoms with Crippen molar-refractivity contribution in [3.05, 3.63) is 35.4 Å². The van der Waals surface area contributed by atoms with Crippen LogP contribution in [0.3, 0.4) is 0 Å². The summed E-state index contributed by atoms with van der Waals surface area (Å²) in [5.74, 6) is 0. The molecule has 1 fully saturated rings. The summed E-state index contributed by atoms with van der Waals surface area (Å²) >= 11 is 0. The molecule has 0 aliphatic carbocycles. The zero-order valence-corrected chi connectivity index (χ0v) is 13.3. The molecule has 1 aliphatic heterocycles. The highest BCUT2D eigenvalue weighted by Crippen LogP contribution is 2.25. The Morgan fingerprint density at radius 3 is 2.30 bits per heavy atom. The van der Waals surface area contributed by atoms with Crippen LogP contribution in [0.2, 0.25) is 0 Å². The van der Waals surface area contributed by atoms with Crippen molar-refractivity contribution in [2.24, 2.45) is 5.73 Å². The molecule has 0 radical (unpaired) electrons. The Balaban J connectivity index is 2.12. The van der Waals surface area contributed by atoms with E-state index >= 15 is 0 Å². The summed E-state index contributed by atoms with van der Waals surface area (Å²) in [5.41, 5.74) is 7.92. The van der Waals surface area contributed by atoms with E-state index < -0.39 is 15.3 Å². The van der Waals surface area contributed by atoms with Gasteiger partial charge in [-0.1, -0.05) is 45.0 Å². The van der Waals surface area contributed by atoms with Gasteiger partial charge in [-0.2, -0.15) is 4.31 Å². The second-order valence-corrected chi connectivity index (χ2v) is 8.68. The summed E-state index contributed by atoms with van der Waals surface area (Å²) in [5, 5.41) is -0.406. The van der Waals surface area contributed by atoms with E-state index in [1.165, 1.54) is 5.56 Å². The smallest absolute Gasteiger partial charge is 0.218 e. The van der Waals surface area contributed by atoms with Gasteiger partial charge in [0, 0.05) is 19.6 Å². The van der Waals surface area contributed by atoms with E-state index in [1.54, 1.807) is 4.31 Å². The molecule has 112 valence electrons. The topological polar surface area (TPSA) is 63.4 Å². The van der Waals surface area contributed by atoms with Crippen molar-refractivity contribution < 1.29 is 8.42 Å². The zero-order chi connectivity index (χ0) is 15.0. The van der Waals surface area contributed by atoms with E-state index in [4.69, 9.17) is 5.73 Å². The molecule has 0 saturated carbocycles. The van der Waals surface area contributed by atoms with Gasteiger partial charge in [0.1, 0.15) is 0 Å². The minimum Gasteiger partial charge on any atom is -0.329 e. The second kappa shape index (κ2) is 5.47. The minimum atomic E-state index is -3.21. The van der Waals surface area contributed by atoms with Gasteiger partial charge in [-0.15, -0.1) is 0 Å². The minimum absolute atomic E-state index is 0.114. The molecule has 1 heterocycles. The lowest BCUT2D eigenvalue weighted by molar-refractivity contribution is 0.439. The first kappa shape index (κ1) is 15.5. The molecule has 0 unspecified atom stereocenters. The molecule has 2 rings (SSSR count). The summed E-state index contributed by atoms with van der Waals surface area (Å²) in [4.78, 5) is 0. The maximum Gasteiger partial charge on any atom is 0.218 e. The number of nitrogens with zero attached hydrogens (tertiary/aromatic N) is 1. The van der Waals surface area contributed by atoms with Crippen LogP contribution in [-0.2, 0) is 22.0 Å². The van der Waals surface area contributed by atoms with Gasteiger partial charge in [0.2, 0.25) is 10.0 Å². The molecule has 5 heteroatoms. The zero-order valence-electron chi connectivity index (χ0n) is 12.5. The fraction of sp³-hybridized carbons (Fsp3) is 0.600. The summed E-state index contributed by atoms with van der Waals surface area (Å²) in [6.07, 6.45) is 0.638. The fourth-order valence-corrected chi connectivity index (χ4v) is 4.25. The first-order valence-electron chi connectivity index (χ1n) is 7.03. The highest BCUT2D eigenvalue weighted by Gasteiger charge is 2.37. The number of nitrogens with two attached hydrogens (primary N) is 1. The molecule has 1 aromatic rings. The van der Waals surface area contributed by atoms with Crippen LogP contribution in [0.15, 0.2) is 24.3 Å². The molecule has 1 saturated heterocycles. The standard InChI is InChI=1S/C15H24N2O2S/c1-15(2,3)13-6-4-12(5-7-13)11-17-9-8-14(10-16)20(17,18)19/h4-7,14H,8-11,16H2,1-3H3/t14-/m1/s1. The van der Waals surface area contributed by atoms with Gasteiger partial charge in [0.05, 0.1) is 5.25 Å². The number of hydrogen-bond acceptors (Lipinski definition) is 3. The van der Waals surface area contributed by atoms with Gasteiger partial charge in [0.25, 0.3) is 0 Å². The van der Waals surface area contributed by atoms with E-state index in [9.17, 15) is 8.42 Å². The number of sulfonamides is 1. The van der Waals surface area contributed by atoms with Gasteiger partial charge < -0.3 is 5.73 Å². The maximum absolute atomic E-state index is 12.2. The van der Waals surface area contributed by atoms with Gasteiger partial charge in [0.15, 0.2) is 0 Å². The van der Waals surface area contributed by atoms with Crippen molar-refractivity contribution in [2.45, 2.75) is 44.4 Å². The Hall–Kier alpha value is -0.910. The first-order chi connectivity index (χ1) is 9.25. The van der Waals surface area contributed by atoms with Crippen molar-refractivity contribution in [1.29, 1.82) is 0 Å². The number of benzene rings is 1. The lowest BCUT2D eigenvalue weighted by Gasteiger charge is -2.20. The molecule has 20 heavy (non-hydrogen) atoms. The van der Waals surface area contributed by atoms with E-state index in [2.05, 4.69) is 32.9 Å². The molecular formula is C15H24N2O2S. The molecular weight excluding hydrogens is 272 g/mol. The Kier molecular flexibility index (Phi) is 4.23. The van der Waals surface area contributed by atoms with Gasteiger partial charge in [-0.05, 0) is 23.0 Å². The van der Waals surface area contributed by atoms with Gasteiger partial charge in [-0.25, -0.2) is 8.42 Å². The molecule has 1 aromatic carbocycles. The van der Waals surface area contributed by atoms with Gasteiger partial charge in [-0.3, -0.25) is 0 Å². The van der Waals surface area contributed by atoms with Crippen molar-refractivity contribution in [3.63, 3.8) is 0 Å². The van der Waals surface area contributed by atoms with Gasteiger partial charge >= 0.3 is 0 Å². The van der Waals surface area contributed by atoms with Crippen LogP contribution in [0.5, 0.6) is 0 Å². The molecule has 0 bridgehead atoms. The summed E-state index contributed by atoms with van der Waals surface area (Å²) in [6, 6.07) is 8.20. The molecule has 4 nitrogen and oxygen atoms in total. The third kappa shape index (κ3) is 3.05. The predicted molar refractivity (Wildman–Crippen MR) is 81.9 cm³/mol. The van der Waals surface area contributed by atoms with E-state index in [-0.39, 0.29) is 12.0 Å². The van der Waals surface area contributed by atoms with Crippen LogP contribution >= 0.6 is 0 Å². The molecule has 0 aromatic heterocycles. The van der Waals surface area contributed by atoms with Crippen LogP contribution in [0.4, 0.5) is 0 Å². The molecule has 0 amide bonds. The molecule has 0 spiro atoms. The third-order valence-corrected chi connectivity index (χ3v) is 6.23. The van der Waals surface area contributed by atoms with Crippen LogP contribution < -0.4 is 5.73 Å². The third-order valence-electron chi connectivity index (χ3n) is 3.92. The SMILES string of the molecule is CC(C)(C)c1ccc(CN2CC[C@H](CN)S2(=O)=O)cc1. The van der Waals surface area contributed by atoms with E-state index in [0.717, 1.165) is 5.56 Å². The average molecular weight is 296 g/mol.